The number of hydrogen-bond donors (Lipinski definition) is 1. The van der Waals surface area contributed by atoms with Crippen LogP contribution in [0, 0.1) is 6.92 Å². The minimum Gasteiger partial charge on any atom is -0.352 e. The number of rotatable bonds is 7. The highest BCUT2D eigenvalue weighted by molar-refractivity contribution is 8.26. The third-order valence-electron chi connectivity index (χ3n) is 4.61. The molecule has 1 N–H and O–H groups in total. The van der Waals surface area contributed by atoms with Crippen LogP contribution >= 0.6 is 46.7 Å². The van der Waals surface area contributed by atoms with Crippen molar-refractivity contribution >= 4 is 68.9 Å². The molecule has 0 atom stereocenters. The molecule has 158 valence electrons. The van der Waals surface area contributed by atoms with Crippen LogP contribution in [0.2, 0.25) is 0 Å². The number of thiophene rings is 1. The average molecular weight is 486 g/mol. The zero-order chi connectivity index (χ0) is 21.8. The number of amides is 2. The summed E-state index contributed by atoms with van der Waals surface area (Å²) in [5, 5.41) is 7.95. The maximum Gasteiger partial charge on any atom is 0.266 e. The lowest BCUT2D eigenvalue weighted by Crippen LogP contribution is -2.33. The summed E-state index contributed by atoms with van der Waals surface area (Å²) in [6.07, 6.45) is 2.05. The number of nitrogens with zero attached hydrogens (tertiary/aromatic N) is 2. The highest BCUT2D eigenvalue weighted by Crippen LogP contribution is 2.33. The van der Waals surface area contributed by atoms with E-state index >= 15 is 0 Å². The van der Waals surface area contributed by atoms with E-state index in [1.54, 1.807) is 22.7 Å². The van der Waals surface area contributed by atoms with Crippen molar-refractivity contribution in [1.82, 2.24) is 15.2 Å². The Morgan fingerprint density at radius 3 is 2.71 bits per heavy atom. The molecule has 0 bridgehead atoms. The fourth-order valence-electron chi connectivity index (χ4n) is 2.99. The lowest BCUT2D eigenvalue weighted by Gasteiger charge is -2.14. The van der Waals surface area contributed by atoms with Crippen molar-refractivity contribution in [2.75, 3.05) is 6.54 Å². The Morgan fingerprint density at radius 2 is 2.03 bits per heavy atom. The number of aryl methyl sites for hydroxylation is 1. The van der Waals surface area contributed by atoms with Crippen molar-refractivity contribution in [1.29, 1.82) is 0 Å². The fourth-order valence-corrected chi connectivity index (χ4v) is 5.64. The van der Waals surface area contributed by atoms with Gasteiger partial charge >= 0.3 is 0 Å². The Bertz CT molecular complexity index is 1130. The van der Waals surface area contributed by atoms with E-state index in [1.807, 2.05) is 60.2 Å². The highest BCUT2D eigenvalue weighted by atomic mass is 32.2. The second-order valence-corrected chi connectivity index (χ2v) is 10.5. The van der Waals surface area contributed by atoms with E-state index < -0.39 is 0 Å². The smallest absolute Gasteiger partial charge is 0.266 e. The normalized spacial score (nSPS) is 15.1. The second kappa shape index (κ2) is 9.86. The largest absolute Gasteiger partial charge is 0.352 e. The fraction of sp³-hybridized carbons (Fsp3) is 0.182. The maximum atomic E-state index is 12.6. The van der Waals surface area contributed by atoms with E-state index in [0.29, 0.717) is 15.8 Å². The molecule has 31 heavy (non-hydrogen) atoms. The Morgan fingerprint density at radius 1 is 1.23 bits per heavy atom. The van der Waals surface area contributed by atoms with Gasteiger partial charge in [-0.2, -0.15) is 0 Å². The summed E-state index contributed by atoms with van der Waals surface area (Å²) < 4.78 is 0.494. The van der Waals surface area contributed by atoms with Crippen molar-refractivity contribution in [3.05, 3.63) is 67.5 Å². The van der Waals surface area contributed by atoms with Gasteiger partial charge in [-0.15, -0.1) is 22.7 Å². The van der Waals surface area contributed by atoms with Gasteiger partial charge in [0, 0.05) is 35.3 Å². The standard InChI is InChI=1S/C22H19N3O2S4/c1-14-24-18(13-30-14)16-6-4-15(5-7-16)12-23-20(26)8-9-25-21(27)19(31-22(25)28)11-17-3-2-10-29-17/h2-7,10-11,13H,8-9,12H2,1H3,(H,23,26)/b19-11-. The first-order valence-electron chi connectivity index (χ1n) is 9.56. The van der Waals surface area contributed by atoms with E-state index in [9.17, 15) is 9.59 Å². The molecule has 4 rings (SSSR count). The van der Waals surface area contributed by atoms with Crippen LogP contribution in [0.25, 0.3) is 17.3 Å². The number of thiazole rings is 1. The molecule has 2 aromatic heterocycles. The zero-order valence-electron chi connectivity index (χ0n) is 16.7. The van der Waals surface area contributed by atoms with Gasteiger partial charge in [0.15, 0.2) is 0 Å². The summed E-state index contributed by atoms with van der Waals surface area (Å²) in [4.78, 5) is 32.5. The SMILES string of the molecule is Cc1nc(-c2ccc(CNC(=O)CCN3C(=O)/C(=C/c4cccs4)SC3=S)cc2)cs1. The monoisotopic (exact) mass is 485 g/mol. The summed E-state index contributed by atoms with van der Waals surface area (Å²) in [7, 11) is 0. The summed E-state index contributed by atoms with van der Waals surface area (Å²) >= 11 is 9.81. The van der Waals surface area contributed by atoms with Gasteiger partial charge in [0.1, 0.15) is 4.32 Å². The predicted molar refractivity (Wildman–Crippen MR) is 133 cm³/mol. The lowest BCUT2D eigenvalue weighted by atomic mass is 10.1. The number of nitrogens with one attached hydrogen (secondary N) is 1. The Labute approximate surface area is 198 Å². The Balaban J connectivity index is 1.26. The molecule has 5 nitrogen and oxygen atoms in total. The number of thioether (sulfide) groups is 1. The number of carbonyl (C=O) groups excluding carboxylic acids is 2. The Kier molecular flexibility index (Phi) is 6.96. The summed E-state index contributed by atoms with van der Waals surface area (Å²) in [5.41, 5.74) is 3.03. The van der Waals surface area contributed by atoms with Gasteiger partial charge in [0.25, 0.3) is 5.91 Å². The van der Waals surface area contributed by atoms with Gasteiger partial charge < -0.3 is 5.32 Å². The molecule has 2 amide bonds. The van der Waals surface area contributed by atoms with Crippen LogP contribution in [-0.2, 0) is 16.1 Å². The van der Waals surface area contributed by atoms with Gasteiger partial charge in [-0.05, 0) is 30.0 Å². The van der Waals surface area contributed by atoms with Crippen LogP contribution in [0.4, 0.5) is 0 Å². The van der Waals surface area contributed by atoms with Crippen molar-refractivity contribution < 1.29 is 9.59 Å². The molecule has 1 aliphatic rings. The van der Waals surface area contributed by atoms with E-state index in [-0.39, 0.29) is 24.8 Å². The van der Waals surface area contributed by atoms with E-state index in [1.165, 1.54) is 16.7 Å². The highest BCUT2D eigenvalue weighted by Gasteiger charge is 2.32. The van der Waals surface area contributed by atoms with Gasteiger partial charge in [-0.3, -0.25) is 14.5 Å². The quantitative estimate of drug-likeness (QED) is 0.373. The second-order valence-electron chi connectivity index (χ2n) is 6.82. The van der Waals surface area contributed by atoms with E-state index in [2.05, 4.69) is 10.3 Å². The molecule has 0 unspecified atom stereocenters. The van der Waals surface area contributed by atoms with Crippen LogP contribution in [0.5, 0.6) is 0 Å². The maximum absolute atomic E-state index is 12.6. The lowest BCUT2D eigenvalue weighted by molar-refractivity contribution is -0.123. The van der Waals surface area contributed by atoms with Crippen molar-refractivity contribution in [2.45, 2.75) is 19.9 Å². The van der Waals surface area contributed by atoms with Crippen LogP contribution in [0.15, 0.2) is 52.1 Å². The molecule has 0 saturated carbocycles. The molecule has 0 aliphatic carbocycles. The topological polar surface area (TPSA) is 62.3 Å². The first-order chi connectivity index (χ1) is 15.0. The number of hydrogen-bond acceptors (Lipinski definition) is 7. The van der Waals surface area contributed by atoms with E-state index in [4.69, 9.17) is 12.2 Å². The number of benzene rings is 1. The van der Waals surface area contributed by atoms with Gasteiger partial charge in [-0.25, -0.2) is 4.98 Å². The van der Waals surface area contributed by atoms with Crippen LogP contribution in [-0.4, -0.2) is 32.6 Å². The van der Waals surface area contributed by atoms with E-state index in [0.717, 1.165) is 26.7 Å². The molecule has 0 radical (unpaired) electrons. The van der Waals surface area contributed by atoms with Crippen LogP contribution < -0.4 is 5.32 Å². The first-order valence-corrected chi connectivity index (χ1v) is 12.5. The van der Waals surface area contributed by atoms with Crippen molar-refractivity contribution in [2.24, 2.45) is 0 Å². The van der Waals surface area contributed by atoms with Gasteiger partial charge in [0.2, 0.25) is 5.91 Å². The zero-order valence-corrected chi connectivity index (χ0v) is 19.9. The summed E-state index contributed by atoms with van der Waals surface area (Å²) in [5.74, 6) is -0.250. The van der Waals surface area contributed by atoms with Crippen molar-refractivity contribution in [3.8, 4) is 11.3 Å². The molecule has 3 aromatic rings. The molecule has 1 aromatic carbocycles. The number of carbonyl (C=O) groups is 2. The molecule has 1 fully saturated rings. The molecular formula is C22H19N3O2S4. The molecule has 3 heterocycles. The number of aromatic nitrogens is 1. The molecule has 1 aliphatic heterocycles. The predicted octanol–water partition coefficient (Wildman–Crippen LogP) is 5.09. The minimum absolute atomic E-state index is 0.115. The van der Waals surface area contributed by atoms with Crippen molar-refractivity contribution in [3.63, 3.8) is 0 Å². The van der Waals surface area contributed by atoms with Crippen LogP contribution in [0.1, 0.15) is 21.9 Å². The van der Waals surface area contributed by atoms with Crippen LogP contribution in [0.3, 0.4) is 0 Å². The molecule has 0 spiro atoms. The molecule has 1 saturated heterocycles. The summed E-state index contributed by atoms with van der Waals surface area (Å²) in [6.45, 7) is 2.70. The Hall–Kier alpha value is -2.33. The molecular weight excluding hydrogens is 467 g/mol. The van der Waals surface area contributed by atoms with Gasteiger partial charge in [-0.1, -0.05) is 54.3 Å². The third kappa shape index (κ3) is 5.48. The summed E-state index contributed by atoms with van der Waals surface area (Å²) in [6, 6.07) is 11.9. The van der Waals surface area contributed by atoms with Gasteiger partial charge in [0.05, 0.1) is 15.6 Å². The first kappa shape index (κ1) is 21.9. The molecule has 9 heteroatoms. The number of thiocarbonyl (C=S) groups is 1. The third-order valence-corrected chi connectivity index (χ3v) is 7.58. The average Bonchev–Trinajstić information content (AvgIpc) is 3.48. The minimum atomic E-state index is -0.135.